The Balaban J connectivity index is 1.81. The van der Waals surface area contributed by atoms with Gasteiger partial charge >= 0.3 is 0 Å². The van der Waals surface area contributed by atoms with Gasteiger partial charge in [0.05, 0.1) is 0 Å². The first kappa shape index (κ1) is 14.7. The third-order valence-electron chi connectivity index (χ3n) is 3.01. The van der Waals surface area contributed by atoms with Crippen molar-refractivity contribution in [1.82, 2.24) is 10.3 Å². The van der Waals surface area contributed by atoms with Gasteiger partial charge in [-0.1, -0.05) is 35.0 Å². The Morgan fingerprint density at radius 2 is 2.05 bits per heavy atom. The minimum absolute atomic E-state index is 0.454. The maximum atomic E-state index is 4.43. The van der Waals surface area contributed by atoms with E-state index in [1.807, 2.05) is 6.20 Å². The van der Waals surface area contributed by atoms with E-state index in [1.165, 1.54) is 15.4 Å². The van der Waals surface area contributed by atoms with E-state index in [0.29, 0.717) is 6.04 Å². The van der Waals surface area contributed by atoms with E-state index in [0.717, 1.165) is 23.9 Å². The topological polar surface area (TPSA) is 24.9 Å². The van der Waals surface area contributed by atoms with Gasteiger partial charge in [0.25, 0.3) is 0 Å². The molecule has 1 aromatic heterocycles. The molecule has 2 aromatic rings. The molecule has 4 heteroatoms. The molecule has 102 valence electrons. The van der Waals surface area contributed by atoms with E-state index < -0.39 is 0 Å². The number of aromatic nitrogens is 1. The Morgan fingerprint density at radius 3 is 2.68 bits per heavy atom. The third kappa shape index (κ3) is 4.71. The molecule has 0 bridgehead atoms. The number of aryl methyl sites for hydroxylation is 1. The van der Waals surface area contributed by atoms with Gasteiger partial charge in [-0.2, -0.15) is 0 Å². The summed E-state index contributed by atoms with van der Waals surface area (Å²) < 4.78 is 1.13. The van der Waals surface area contributed by atoms with Crippen LogP contribution < -0.4 is 5.32 Å². The Morgan fingerprint density at radius 1 is 1.32 bits per heavy atom. The number of halogens is 1. The molecule has 2 rings (SSSR count). The van der Waals surface area contributed by atoms with Crippen LogP contribution in [0.15, 0.2) is 34.9 Å². The van der Waals surface area contributed by atoms with Crippen LogP contribution in [-0.2, 0) is 19.4 Å². The predicted molar refractivity (Wildman–Crippen MR) is 85.6 cm³/mol. The summed E-state index contributed by atoms with van der Waals surface area (Å²) in [5.41, 5.74) is 1.36. The highest BCUT2D eigenvalue weighted by Crippen LogP contribution is 2.14. The molecule has 19 heavy (non-hydrogen) atoms. The van der Waals surface area contributed by atoms with Crippen molar-refractivity contribution in [2.45, 2.75) is 39.3 Å². The highest BCUT2D eigenvalue weighted by atomic mass is 79.9. The molecule has 1 heterocycles. The van der Waals surface area contributed by atoms with Crippen LogP contribution in [0.25, 0.3) is 0 Å². The zero-order chi connectivity index (χ0) is 13.7. The number of rotatable bonds is 6. The highest BCUT2D eigenvalue weighted by Gasteiger charge is 2.05. The quantitative estimate of drug-likeness (QED) is 0.854. The van der Waals surface area contributed by atoms with Crippen LogP contribution in [0.5, 0.6) is 0 Å². The van der Waals surface area contributed by atoms with Crippen molar-refractivity contribution >= 4 is 27.3 Å². The normalized spacial score (nSPS) is 12.6. The van der Waals surface area contributed by atoms with Crippen molar-refractivity contribution in [2.75, 3.05) is 0 Å². The summed E-state index contributed by atoms with van der Waals surface area (Å²) in [6.45, 7) is 5.25. The molecule has 0 aliphatic carbocycles. The van der Waals surface area contributed by atoms with Crippen LogP contribution in [0.3, 0.4) is 0 Å². The standard InChI is InChI=1S/C15H19BrN2S/c1-3-14-9-18-15(19-14)10-17-11(2)8-12-4-6-13(16)7-5-12/h4-7,9,11,17H,3,8,10H2,1-2H3. The Kier molecular flexibility index (Phi) is 5.55. The van der Waals surface area contributed by atoms with Gasteiger partial charge in [-0.05, 0) is 37.5 Å². The zero-order valence-electron chi connectivity index (χ0n) is 11.3. The number of nitrogens with zero attached hydrogens (tertiary/aromatic N) is 1. The van der Waals surface area contributed by atoms with Gasteiger partial charge in [-0.15, -0.1) is 11.3 Å². The first-order valence-electron chi connectivity index (χ1n) is 6.58. The van der Waals surface area contributed by atoms with Crippen molar-refractivity contribution in [3.05, 3.63) is 50.4 Å². The molecule has 0 spiro atoms. The van der Waals surface area contributed by atoms with E-state index in [2.05, 4.69) is 64.3 Å². The van der Waals surface area contributed by atoms with Gasteiger partial charge in [0.1, 0.15) is 5.01 Å². The molecule has 0 amide bonds. The number of thiazole rings is 1. The lowest BCUT2D eigenvalue weighted by molar-refractivity contribution is 0.544. The fraction of sp³-hybridized carbons (Fsp3) is 0.400. The minimum Gasteiger partial charge on any atom is -0.308 e. The molecule has 0 aliphatic heterocycles. The summed E-state index contributed by atoms with van der Waals surface area (Å²) in [5, 5.41) is 4.72. The molecule has 0 fully saturated rings. The van der Waals surface area contributed by atoms with Crippen LogP contribution in [0.4, 0.5) is 0 Å². The number of benzene rings is 1. The maximum Gasteiger partial charge on any atom is 0.107 e. The van der Waals surface area contributed by atoms with Gasteiger partial charge in [0.15, 0.2) is 0 Å². The SMILES string of the molecule is CCc1cnc(CNC(C)Cc2ccc(Br)cc2)s1. The monoisotopic (exact) mass is 338 g/mol. The van der Waals surface area contributed by atoms with Gasteiger partial charge in [0.2, 0.25) is 0 Å². The molecule has 1 atom stereocenters. The average molecular weight is 339 g/mol. The summed E-state index contributed by atoms with van der Waals surface area (Å²) in [7, 11) is 0. The first-order chi connectivity index (χ1) is 9.17. The molecule has 0 saturated carbocycles. The van der Waals surface area contributed by atoms with E-state index in [4.69, 9.17) is 0 Å². The van der Waals surface area contributed by atoms with Crippen LogP contribution in [0.2, 0.25) is 0 Å². The summed E-state index contributed by atoms with van der Waals surface area (Å²) in [6.07, 6.45) is 4.10. The minimum atomic E-state index is 0.454. The van der Waals surface area contributed by atoms with Crippen LogP contribution in [0, 0.1) is 0 Å². The summed E-state index contributed by atoms with van der Waals surface area (Å²) in [6, 6.07) is 8.98. The van der Waals surface area contributed by atoms with E-state index in [1.54, 1.807) is 11.3 Å². The zero-order valence-corrected chi connectivity index (χ0v) is 13.7. The molecular formula is C15H19BrN2S. The van der Waals surface area contributed by atoms with Crippen LogP contribution in [0.1, 0.15) is 29.3 Å². The summed E-state index contributed by atoms with van der Waals surface area (Å²) >= 11 is 5.26. The summed E-state index contributed by atoms with van der Waals surface area (Å²) in [4.78, 5) is 5.79. The second-order valence-electron chi connectivity index (χ2n) is 4.69. The summed E-state index contributed by atoms with van der Waals surface area (Å²) in [5.74, 6) is 0. The molecule has 0 aliphatic rings. The van der Waals surface area contributed by atoms with Gasteiger partial charge in [-0.3, -0.25) is 0 Å². The number of hydrogen-bond donors (Lipinski definition) is 1. The Bertz CT molecular complexity index is 507. The van der Waals surface area contributed by atoms with E-state index in [9.17, 15) is 0 Å². The maximum absolute atomic E-state index is 4.43. The van der Waals surface area contributed by atoms with Crippen molar-refractivity contribution < 1.29 is 0 Å². The lowest BCUT2D eigenvalue weighted by atomic mass is 10.1. The fourth-order valence-corrected chi connectivity index (χ4v) is 2.98. The van der Waals surface area contributed by atoms with Crippen LogP contribution in [-0.4, -0.2) is 11.0 Å². The van der Waals surface area contributed by atoms with Crippen molar-refractivity contribution in [3.63, 3.8) is 0 Å². The molecular weight excluding hydrogens is 320 g/mol. The predicted octanol–water partition coefficient (Wildman–Crippen LogP) is 4.19. The molecule has 2 nitrogen and oxygen atoms in total. The largest absolute Gasteiger partial charge is 0.308 e. The number of hydrogen-bond acceptors (Lipinski definition) is 3. The van der Waals surface area contributed by atoms with Crippen LogP contribution >= 0.6 is 27.3 Å². The van der Waals surface area contributed by atoms with Gasteiger partial charge < -0.3 is 5.32 Å². The van der Waals surface area contributed by atoms with Crippen molar-refractivity contribution in [2.24, 2.45) is 0 Å². The first-order valence-corrected chi connectivity index (χ1v) is 8.19. The fourth-order valence-electron chi connectivity index (χ4n) is 1.90. The molecule has 1 N–H and O–H groups in total. The van der Waals surface area contributed by atoms with Crippen molar-refractivity contribution in [1.29, 1.82) is 0 Å². The smallest absolute Gasteiger partial charge is 0.107 e. The lowest BCUT2D eigenvalue weighted by Gasteiger charge is -2.12. The lowest BCUT2D eigenvalue weighted by Crippen LogP contribution is -2.27. The van der Waals surface area contributed by atoms with E-state index >= 15 is 0 Å². The van der Waals surface area contributed by atoms with Crippen molar-refractivity contribution in [3.8, 4) is 0 Å². The number of nitrogens with one attached hydrogen (secondary N) is 1. The van der Waals surface area contributed by atoms with Gasteiger partial charge in [-0.25, -0.2) is 4.98 Å². The Hall–Kier alpha value is -0.710. The molecule has 0 radical (unpaired) electrons. The Labute approximate surface area is 127 Å². The average Bonchev–Trinajstić information content (AvgIpc) is 2.87. The highest BCUT2D eigenvalue weighted by molar-refractivity contribution is 9.10. The van der Waals surface area contributed by atoms with Gasteiger partial charge in [0, 0.05) is 28.1 Å². The van der Waals surface area contributed by atoms with E-state index in [-0.39, 0.29) is 0 Å². The third-order valence-corrected chi connectivity index (χ3v) is 4.68. The molecule has 0 saturated heterocycles. The second-order valence-corrected chi connectivity index (χ2v) is 6.80. The molecule has 1 aromatic carbocycles. The molecule has 1 unspecified atom stereocenters. The second kappa shape index (κ2) is 7.17.